The predicted octanol–water partition coefficient (Wildman–Crippen LogP) is 3.30. The largest absolute Gasteiger partial charge is 0.497 e. The van der Waals surface area contributed by atoms with Crippen LogP contribution in [0.15, 0.2) is 60.7 Å². The summed E-state index contributed by atoms with van der Waals surface area (Å²) >= 11 is 0. The van der Waals surface area contributed by atoms with Crippen LogP contribution in [-0.2, 0) is 9.59 Å². The molecule has 2 aromatic rings. The van der Waals surface area contributed by atoms with Gasteiger partial charge >= 0.3 is 0 Å². The fraction of sp³-hybridized carbons (Fsp3) is 0.385. The van der Waals surface area contributed by atoms with Gasteiger partial charge < -0.3 is 19.4 Å². The molecule has 2 fully saturated rings. The Morgan fingerprint density at radius 2 is 1.50 bits per heavy atom. The fourth-order valence-electron chi connectivity index (χ4n) is 4.42. The van der Waals surface area contributed by atoms with Crippen molar-refractivity contribution in [1.82, 2.24) is 9.80 Å². The number of amides is 2. The number of methoxy groups -OCH3 is 1. The molecule has 2 heterocycles. The van der Waals surface area contributed by atoms with Gasteiger partial charge in [0, 0.05) is 56.9 Å². The van der Waals surface area contributed by atoms with Crippen molar-refractivity contribution in [2.24, 2.45) is 5.92 Å². The van der Waals surface area contributed by atoms with E-state index in [-0.39, 0.29) is 17.7 Å². The van der Waals surface area contributed by atoms with E-state index in [4.69, 9.17) is 4.74 Å². The van der Waals surface area contributed by atoms with Crippen LogP contribution in [0.3, 0.4) is 0 Å². The molecule has 2 aliphatic heterocycles. The third kappa shape index (κ3) is 5.31. The fourth-order valence-corrected chi connectivity index (χ4v) is 4.42. The molecule has 4 rings (SSSR count). The van der Waals surface area contributed by atoms with Gasteiger partial charge in [-0.15, -0.1) is 0 Å². The van der Waals surface area contributed by atoms with Gasteiger partial charge in [-0.25, -0.2) is 0 Å². The lowest BCUT2D eigenvalue weighted by atomic mass is 9.95. The van der Waals surface area contributed by atoms with Crippen LogP contribution in [0.2, 0.25) is 0 Å². The lowest BCUT2D eigenvalue weighted by Gasteiger charge is -2.39. The van der Waals surface area contributed by atoms with Crippen LogP contribution in [0.25, 0.3) is 6.08 Å². The molecule has 2 saturated heterocycles. The maximum Gasteiger partial charge on any atom is 0.246 e. The van der Waals surface area contributed by atoms with Crippen molar-refractivity contribution in [2.45, 2.75) is 12.8 Å². The van der Waals surface area contributed by atoms with Gasteiger partial charge in [-0.05, 0) is 48.7 Å². The van der Waals surface area contributed by atoms with Crippen LogP contribution < -0.4 is 9.64 Å². The third-order valence-electron chi connectivity index (χ3n) is 6.40. The van der Waals surface area contributed by atoms with Gasteiger partial charge in [-0.2, -0.15) is 0 Å². The highest BCUT2D eigenvalue weighted by atomic mass is 16.5. The molecule has 0 N–H and O–H groups in total. The minimum absolute atomic E-state index is 0.0182. The standard InChI is InChI=1S/C26H31N3O3/c1-32-24-10-8-23(9-11-24)27-17-19-29(20-18-27)26(31)22-13-15-28(16-14-22)25(30)12-7-21-5-3-2-4-6-21/h2-12,22H,13-20H2,1H3/b12-7+. The summed E-state index contributed by atoms with van der Waals surface area (Å²) in [6, 6.07) is 17.9. The zero-order valence-corrected chi connectivity index (χ0v) is 18.7. The summed E-state index contributed by atoms with van der Waals surface area (Å²) in [4.78, 5) is 31.7. The van der Waals surface area contributed by atoms with E-state index in [2.05, 4.69) is 17.0 Å². The van der Waals surface area contributed by atoms with Crippen molar-refractivity contribution in [3.8, 4) is 5.75 Å². The van der Waals surface area contributed by atoms with E-state index in [9.17, 15) is 9.59 Å². The Morgan fingerprint density at radius 1 is 0.844 bits per heavy atom. The average molecular weight is 434 g/mol. The van der Waals surface area contributed by atoms with Crippen molar-refractivity contribution < 1.29 is 14.3 Å². The number of hydrogen-bond donors (Lipinski definition) is 0. The average Bonchev–Trinajstić information content (AvgIpc) is 2.88. The highest BCUT2D eigenvalue weighted by Gasteiger charge is 2.31. The first kappa shape index (κ1) is 21.9. The third-order valence-corrected chi connectivity index (χ3v) is 6.40. The monoisotopic (exact) mass is 433 g/mol. The summed E-state index contributed by atoms with van der Waals surface area (Å²) < 4.78 is 5.23. The van der Waals surface area contributed by atoms with Crippen LogP contribution in [0.1, 0.15) is 18.4 Å². The molecule has 2 aromatic carbocycles. The van der Waals surface area contributed by atoms with Crippen molar-refractivity contribution in [3.05, 3.63) is 66.2 Å². The van der Waals surface area contributed by atoms with Crippen LogP contribution in [0, 0.1) is 5.92 Å². The van der Waals surface area contributed by atoms with Gasteiger partial charge in [0.15, 0.2) is 0 Å². The molecule has 32 heavy (non-hydrogen) atoms. The first-order chi connectivity index (χ1) is 15.6. The highest BCUT2D eigenvalue weighted by molar-refractivity contribution is 5.92. The summed E-state index contributed by atoms with van der Waals surface area (Å²) in [7, 11) is 1.67. The van der Waals surface area contributed by atoms with Crippen molar-refractivity contribution in [2.75, 3.05) is 51.3 Å². The molecule has 0 bridgehead atoms. The van der Waals surface area contributed by atoms with E-state index in [1.54, 1.807) is 13.2 Å². The first-order valence-corrected chi connectivity index (χ1v) is 11.3. The Bertz CT molecular complexity index is 927. The normalized spacial score (nSPS) is 17.6. The van der Waals surface area contributed by atoms with Gasteiger partial charge in [-0.1, -0.05) is 30.3 Å². The summed E-state index contributed by atoms with van der Waals surface area (Å²) in [5.41, 5.74) is 2.17. The molecule has 168 valence electrons. The minimum atomic E-state index is 0.0182. The summed E-state index contributed by atoms with van der Waals surface area (Å²) in [5, 5.41) is 0. The number of piperidine rings is 1. The van der Waals surface area contributed by atoms with Crippen molar-refractivity contribution in [3.63, 3.8) is 0 Å². The lowest BCUT2D eigenvalue weighted by Crippen LogP contribution is -2.52. The molecule has 0 saturated carbocycles. The second-order valence-electron chi connectivity index (χ2n) is 8.35. The van der Waals surface area contributed by atoms with E-state index in [1.165, 1.54) is 0 Å². The molecule has 0 unspecified atom stereocenters. The summed E-state index contributed by atoms with van der Waals surface area (Å²) in [6.45, 7) is 4.42. The number of likely N-dealkylation sites (tertiary alicyclic amines) is 1. The number of nitrogens with zero attached hydrogens (tertiary/aromatic N) is 3. The van der Waals surface area contributed by atoms with E-state index < -0.39 is 0 Å². The first-order valence-electron chi connectivity index (χ1n) is 11.3. The zero-order chi connectivity index (χ0) is 22.3. The Balaban J connectivity index is 1.23. The van der Waals surface area contributed by atoms with Crippen molar-refractivity contribution in [1.29, 1.82) is 0 Å². The molecule has 2 amide bonds. The van der Waals surface area contributed by atoms with Gasteiger partial charge in [0.25, 0.3) is 0 Å². The number of anilines is 1. The second-order valence-corrected chi connectivity index (χ2v) is 8.35. The smallest absolute Gasteiger partial charge is 0.246 e. The Morgan fingerprint density at radius 3 is 2.12 bits per heavy atom. The molecule has 6 nitrogen and oxygen atoms in total. The number of hydrogen-bond acceptors (Lipinski definition) is 4. The second kappa shape index (κ2) is 10.4. The Labute approximate surface area is 190 Å². The molecular formula is C26H31N3O3. The maximum atomic E-state index is 13.0. The molecule has 0 spiro atoms. The molecular weight excluding hydrogens is 402 g/mol. The van der Waals surface area contributed by atoms with Gasteiger partial charge in [0.05, 0.1) is 7.11 Å². The molecule has 6 heteroatoms. The molecule has 0 aromatic heterocycles. The number of ether oxygens (including phenoxy) is 1. The Kier molecular flexibility index (Phi) is 7.10. The number of rotatable bonds is 5. The van der Waals surface area contributed by atoms with E-state index >= 15 is 0 Å². The van der Waals surface area contributed by atoms with Crippen LogP contribution in [0.4, 0.5) is 5.69 Å². The topological polar surface area (TPSA) is 53.1 Å². The van der Waals surface area contributed by atoms with Gasteiger partial charge in [0.2, 0.25) is 11.8 Å². The summed E-state index contributed by atoms with van der Waals surface area (Å²) in [6.07, 6.45) is 4.96. The lowest BCUT2D eigenvalue weighted by molar-refractivity contribution is -0.139. The molecule has 2 aliphatic rings. The van der Waals surface area contributed by atoms with Crippen LogP contribution >= 0.6 is 0 Å². The zero-order valence-electron chi connectivity index (χ0n) is 18.7. The Hall–Kier alpha value is -3.28. The number of benzene rings is 2. The maximum absolute atomic E-state index is 13.0. The van der Waals surface area contributed by atoms with Gasteiger partial charge in [-0.3, -0.25) is 9.59 Å². The van der Waals surface area contributed by atoms with Crippen molar-refractivity contribution >= 4 is 23.6 Å². The van der Waals surface area contributed by atoms with Crippen LogP contribution in [0.5, 0.6) is 5.75 Å². The molecule has 0 aliphatic carbocycles. The van der Waals surface area contributed by atoms with E-state index in [1.807, 2.05) is 58.3 Å². The number of piperazine rings is 1. The number of carbonyl (C=O) groups is 2. The van der Waals surface area contributed by atoms with Gasteiger partial charge in [0.1, 0.15) is 5.75 Å². The summed E-state index contributed by atoms with van der Waals surface area (Å²) in [5.74, 6) is 1.13. The SMILES string of the molecule is COc1ccc(N2CCN(C(=O)C3CCN(C(=O)/C=C/c4ccccc4)CC3)CC2)cc1. The van der Waals surface area contributed by atoms with E-state index in [0.717, 1.165) is 56.0 Å². The minimum Gasteiger partial charge on any atom is -0.497 e. The quantitative estimate of drug-likeness (QED) is 0.679. The number of carbonyl (C=O) groups excluding carboxylic acids is 2. The van der Waals surface area contributed by atoms with Crippen LogP contribution in [-0.4, -0.2) is 68.0 Å². The highest BCUT2D eigenvalue weighted by Crippen LogP contribution is 2.24. The molecule has 0 radical (unpaired) electrons. The van der Waals surface area contributed by atoms with E-state index in [0.29, 0.717) is 13.1 Å². The molecule has 0 atom stereocenters. The predicted molar refractivity (Wildman–Crippen MR) is 127 cm³/mol.